The number of nitrogens with one attached hydrogen (secondary N) is 1. The lowest BCUT2D eigenvalue weighted by Crippen LogP contribution is -2.15. The minimum atomic E-state index is 1.02. The maximum atomic E-state index is 3.72. The molecule has 0 unspecified atom stereocenters. The van der Waals surface area contributed by atoms with E-state index in [1.165, 1.54) is 11.3 Å². The Morgan fingerprint density at radius 2 is 1.65 bits per heavy atom. The minimum Gasteiger partial charge on any atom is -0.385 e. The number of hydrogen-bond acceptors (Lipinski definition) is 1. The molecule has 0 aliphatic heterocycles. The van der Waals surface area contributed by atoms with Gasteiger partial charge in [-0.1, -0.05) is 60.3 Å². The summed E-state index contributed by atoms with van der Waals surface area (Å²) in [6.45, 7) is 19.1. The van der Waals surface area contributed by atoms with Crippen LogP contribution in [-0.4, -0.2) is 6.54 Å². The molecule has 0 saturated heterocycles. The molecule has 0 aromatic rings. The molecule has 0 aromatic carbocycles. The van der Waals surface area contributed by atoms with Crippen molar-refractivity contribution >= 4 is 0 Å². The van der Waals surface area contributed by atoms with E-state index >= 15 is 0 Å². The average molecular weight is 239 g/mol. The van der Waals surface area contributed by atoms with Gasteiger partial charge in [0.05, 0.1) is 0 Å². The molecule has 102 valence electrons. The largest absolute Gasteiger partial charge is 0.385 e. The van der Waals surface area contributed by atoms with Crippen LogP contribution >= 0.6 is 0 Å². The summed E-state index contributed by atoms with van der Waals surface area (Å²) in [6.07, 6.45) is 8.23. The molecule has 0 bridgehead atoms. The normalized spacial score (nSPS) is 10.5. The van der Waals surface area contributed by atoms with Crippen LogP contribution in [0.5, 0.6) is 0 Å². The molecule has 0 aliphatic rings. The lowest BCUT2D eigenvalue weighted by atomic mass is 10.1. The predicted octanol–water partition coefficient (Wildman–Crippen LogP) is 5.46. The summed E-state index contributed by atoms with van der Waals surface area (Å²) < 4.78 is 0. The Bertz CT molecular complexity index is 200. The second-order valence-corrected chi connectivity index (χ2v) is 2.91. The van der Waals surface area contributed by atoms with E-state index in [0.29, 0.717) is 0 Å². The first-order chi connectivity index (χ1) is 8.29. The minimum absolute atomic E-state index is 1.02. The molecule has 0 heterocycles. The molecule has 1 N–H and O–H groups in total. The SMILES string of the molecule is C=C/C=C(NCCC)\C(=C/C)CC.CC.CC. The van der Waals surface area contributed by atoms with E-state index in [4.69, 9.17) is 0 Å². The van der Waals surface area contributed by atoms with Crippen molar-refractivity contribution in [3.05, 3.63) is 36.1 Å². The molecule has 0 rings (SSSR count). The lowest BCUT2D eigenvalue weighted by molar-refractivity contribution is 0.767. The summed E-state index contributed by atoms with van der Waals surface area (Å²) in [5, 5.41) is 3.39. The van der Waals surface area contributed by atoms with Crippen LogP contribution in [0.1, 0.15) is 61.3 Å². The van der Waals surface area contributed by atoms with Gasteiger partial charge in [-0.3, -0.25) is 0 Å². The smallest absolute Gasteiger partial charge is 0.0369 e. The molecular weight excluding hydrogens is 206 g/mol. The highest BCUT2D eigenvalue weighted by Crippen LogP contribution is 2.10. The van der Waals surface area contributed by atoms with E-state index in [-0.39, 0.29) is 0 Å². The second-order valence-electron chi connectivity index (χ2n) is 2.91. The molecule has 0 fully saturated rings. The van der Waals surface area contributed by atoms with Crippen molar-refractivity contribution < 1.29 is 0 Å². The van der Waals surface area contributed by atoms with Gasteiger partial charge in [-0.25, -0.2) is 0 Å². The maximum Gasteiger partial charge on any atom is 0.0369 e. The molecule has 0 radical (unpaired) electrons. The monoisotopic (exact) mass is 239 g/mol. The summed E-state index contributed by atoms with van der Waals surface area (Å²) >= 11 is 0. The first kappa shape index (κ1) is 21.3. The quantitative estimate of drug-likeness (QED) is 0.606. The second kappa shape index (κ2) is 20.4. The molecule has 1 nitrogen and oxygen atoms in total. The van der Waals surface area contributed by atoms with Gasteiger partial charge >= 0.3 is 0 Å². The van der Waals surface area contributed by atoms with E-state index in [1.807, 2.05) is 39.8 Å². The first-order valence-corrected chi connectivity index (χ1v) is 7.02. The Kier molecular flexibility index (Phi) is 25.6. The van der Waals surface area contributed by atoms with Crippen molar-refractivity contribution in [2.75, 3.05) is 6.54 Å². The number of hydrogen-bond donors (Lipinski definition) is 1. The molecule has 0 spiro atoms. The van der Waals surface area contributed by atoms with E-state index in [2.05, 4.69) is 38.7 Å². The maximum absolute atomic E-state index is 3.72. The molecule has 1 heteroatoms. The van der Waals surface area contributed by atoms with Gasteiger partial charge in [0.2, 0.25) is 0 Å². The summed E-state index contributed by atoms with van der Waals surface area (Å²) in [5.41, 5.74) is 2.57. The van der Waals surface area contributed by atoms with Crippen molar-refractivity contribution in [3.63, 3.8) is 0 Å². The zero-order valence-electron chi connectivity index (χ0n) is 13.1. The zero-order chi connectivity index (χ0) is 14.1. The Labute approximate surface area is 110 Å². The summed E-state index contributed by atoms with van der Waals surface area (Å²) in [5.74, 6) is 0. The Balaban J connectivity index is -0.000000439. The summed E-state index contributed by atoms with van der Waals surface area (Å²) in [6, 6.07) is 0. The third-order valence-electron chi connectivity index (χ3n) is 1.93. The van der Waals surface area contributed by atoms with Crippen LogP contribution in [0, 0.1) is 0 Å². The molecule has 0 aromatic heterocycles. The van der Waals surface area contributed by atoms with Gasteiger partial charge in [0.25, 0.3) is 0 Å². The summed E-state index contributed by atoms with van der Waals surface area (Å²) in [7, 11) is 0. The summed E-state index contributed by atoms with van der Waals surface area (Å²) in [4.78, 5) is 0. The fourth-order valence-corrected chi connectivity index (χ4v) is 1.21. The third-order valence-corrected chi connectivity index (χ3v) is 1.93. The highest BCUT2D eigenvalue weighted by Gasteiger charge is 1.98. The van der Waals surface area contributed by atoms with Crippen LogP contribution in [0.2, 0.25) is 0 Å². The van der Waals surface area contributed by atoms with Gasteiger partial charge in [-0.2, -0.15) is 0 Å². The number of rotatable bonds is 6. The lowest BCUT2D eigenvalue weighted by Gasteiger charge is -2.11. The molecule has 0 saturated carbocycles. The highest BCUT2D eigenvalue weighted by atomic mass is 14.9. The molecule has 17 heavy (non-hydrogen) atoms. The fourth-order valence-electron chi connectivity index (χ4n) is 1.21. The van der Waals surface area contributed by atoms with E-state index < -0.39 is 0 Å². The van der Waals surface area contributed by atoms with Gasteiger partial charge in [-0.15, -0.1) is 0 Å². The van der Waals surface area contributed by atoms with Crippen molar-refractivity contribution in [2.24, 2.45) is 0 Å². The Hall–Kier alpha value is -0.980. The van der Waals surface area contributed by atoms with Gasteiger partial charge in [0, 0.05) is 12.2 Å². The topological polar surface area (TPSA) is 12.0 Å². The molecule has 0 atom stereocenters. The first-order valence-electron chi connectivity index (χ1n) is 7.02. The fraction of sp³-hybridized carbons (Fsp3) is 0.625. The van der Waals surface area contributed by atoms with Crippen molar-refractivity contribution in [2.45, 2.75) is 61.3 Å². The molecule has 0 amide bonds. The van der Waals surface area contributed by atoms with Gasteiger partial charge in [0.1, 0.15) is 0 Å². The average Bonchev–Trinajstić information content (AvgIpc) is 2.42. The van der Waals surface area contributed by atoms with Gasteiger partial charge in [0.15, 0.2) is 0 Å². The van der Waals surface area contributed by atoms with E-state index in [0.717, 1.165) is 19.4 Å². The van der Waals surface area contributed by atoms with Crippen LogP contribution in [0.25, 0.3) is 0 Å². The van der Waals surface area contributed by atoms with Crippen LogP contribution in [0.15, 0.2) is 36.1 Å². The number of allylic oxidation sites excluding steroid dienone is 4. The van der Waals surface area contributed by atoms with Crippen LogP contribution in [-0.2, 0) is 0 Å². The zero-order valence-corrected chi connectivity index (χ0v) is 13.1. The van der Waals surface area contributed by atoms with Crippen LogP contribution < -0.4 is 5.32 Å². The van der Waals surface area contributed by atoms with Crippen LogP contribution in [0.3, 0.4) is 0 Å². The van der Waals surface area contributed by atoms with Gasteiger partial charge < -0.3 is 5.32 Å². The van der Waals surface area contributed by atoms with E-state index in [1.54, 1.807) is 0 Å². The Morgan fingerprint density at radius 3 is 1.94 bits per heavy atom. The highest BCUT2D eigenvalue weighted by molar-refractivity contribution is 5.31. The standard InChI is InChI=1S/C12H21N.2C2H6/c1-5-9-12(13-10-6-2)11(7-3)8-4;2*1-2/h5,7,9,13H,1,6,8,10H2,2-4H3;2*1-2H3/b11-7-,12-9+;;. The van der Waals surface area contributed by atoms with Crippen molar-refractivity contribution in [3.8, 4) is 0 Å². The van der Waals surface area contributed by atoms with E-state index in [9.17, 15) is 0 Å². The van der Waals surface area contributed by atoms with Crippen molar-refractivity contribution in [1.82, 2.24) is 5.32 Å². The van der Waals surface area contributed by atoms with Gasteiger partial charge in [-0.05, 0) is 31.4 Å². The molecule has 0 aliphatic carbocycles. The molecular formula is C16H33N. The predicted molar refractivity (Wildman–Crippen MR) is 83.3 cm³/mol. The third kappa shape index (κ3) is 13.0. The van der Waals surface area contributed by atoms with Crippen molar-refractivity contribution in [1.29, 1.82) is 0 Å². The van der Waals surface area contributed by atoms with Crippen LogP contribution in [0.4, 0.5) is 0 Å². The Morgan fingerprint density at radius 1 is 1.12 bits per heavy atom.